The predicted molar refractivity (Wildman–Crippen MR) is 68.4 cm³/mol. The molecular formula is C14H15NO4. The van der Waals surface area contributed by atoms with Gasteiger partial charge in [0.1, 0.15) is 6.42 Å². The van der Waals surface area contributed by atoms with E-state index in [1.807, 2.05) is 0 Å². The van der Waals surface area contributed by atoms with E-state index in [9.17, 15) is 9.59 Å². The first-order chi connectivity index (χ1) is 9.08. The van der Waals surface area contributed by atoms with Crippen molar-refractivity contribution < 1.29 is 19.1 Å². The van der Waals surface area contributed by atoms with Gasteiger partial charge in [-0.15, -0.1) is 0 Å². The number of aromatic nitrogens is 1. The molecule has 0 fully saturated rings. The number of nitrogens with zero attached hydrogens (tertiary/aromatic N) is 1. The molecule has 5 nitrogen and oxygen atoms in total. The highest BCUT2D eigenvalue weighted by Crippen LogP contribution is 2.08. The predicted octanol–water partition coefficient (Wildman–Crippen LogP) is 1.48. The van der Waals surface area contributed by atoms with E-state index in [4.69, 9.17) is 4.74 Å². The standard InChI is InChI=1S/C14H15NO4/c1-4-19-12(16)7-5-6-11-8-10(2)13(15-9-11)14(17)18-3/h8-9H,4,7H2,1-3H3. The van der Waals surface area contributed by atoms with Crippen molar-refractivity contribution in [1.82, 2.24) is 4.98 Å². The van der Waals surface area contributed by atoms with Gasteiger partial charge in [0.25, 0.3) is 0 Å². The van der Waals surface area contributed by atoms with Crippen molar-refractivity contribution in [2.45, 2.75) is 20.3 Å². The average Bonchev–Trinajstić information content (AvgIpc) is 2.38. The monoisotopic (exact) mass is 261 g/mol. The van der Waals surface area contributed by atoms with Gasteiger partial charge in [-0.1, -0.05) is 11.8 Å². The number of esters is 2. The summed E-state index contributed by atoms with van der Waals surface area (Å²) in [6.07, 6.45) is 1.50. The molecule has 0 amide bonds. The number of methoxy groups -OCH3 is 1. The number of aryl methyl sites for hydroxylation is 1. The summed E-state index contributed by atoms with van der Waals surface area (Å²) < 4.78 is 9.35. The Kier molecular flexibility index (Phi) is 5.55. The maximum absolute atomic E-state index is 11.3. The molecule has 0 aliphatic heterocycles. The molecule has 0 aliphatic rings. The summed E-state index contributed by atoms with van der Waals surface area (Å²) in [6.45, 7) is 3.83. The van der Waals surface area contributed by atoms with Crippen molar-refractivity contribution in [1.29, 1.82) is 0 Å². The summed E-state index contributed by atoms with van der Waals surface area (Å²) in [4.78, 5) is 26.4. The SMILES string of the molecule is CCOC(=O)CC#Cc1cnc(C(=O)OC)c(C)c1. The normalized spacial score (nSPS) is 9.21. The smallest absolute Gasteiger partial charge is 0.356 e. The third kappa shape index (κ3) is 4.43. The number of hydrogen-bond acceptors (Lipinski definition) is 5. The fourth-order valence-electron chi connectivity index (χ4n) is 1.38. The molecule has 0 unspecified atom stereocenters. The number of hydrogen-bond donors (Lipinski definition) is 0. The van der Waals surface area contributed by atoms with Crippen LogP contribution in [0.5, 0.6) is 0 Å². The molecule has 0 spiro atoms. The Morgan fingerprint density at radius 1 is 1.42 bits per heavy atom. The van der Waals surface area contributed by atoms with Crippen LogP contribution in [0.2, 0.25) is 0 Å². The van der Waals surface area contributed by atoms with E-state index in [1.54, 1.807) is 19.9 Å². The molecule has 1 rings (SSSR count). The first kappa shape index (κ1) is 14.7. The van der Waals surface area contributed by atoms with Crippen molar-refractivity contribution in [2.24, 2.45) is 0 Å². The van der Waals surface area contributed by atoms with E-state index in [1.165, 1.54) is 13.3 Å². The van der Waals surface area contributed by atoms with E-state index in [0.29, 0.717) is 17.7 Å². The molecule has 19 heavy (non-hydrogen) atoms. The van der Waals surface area contributed by atoms with E-state index >= 15 is 0 Å². The molecule has 1 heterocycles. The molecule has 0 saturated carbocycles. The summed E-state index contributed by atoms with van der Waals surface area (Å²) in [5.74, 6) is 4.65. The first-order valence-corrected chi connectivity index (χ1v) is 5.78. The number of carbonyl (C=O) groups is 2. The third-order valence-corrected chi connectivity index (χ3v) is 2.23. The molecule has 0 atom stereocenters. The molecule has 100 valence electrons. The lowest BCUT2D eigenvalue weighted by Crippen LogP contribution is -2.06. The van der Waals surface area contributed by atoms with Gasteiger partial charge in [0.2, 0.25) is 0 Å². The zero-order chi connectivity index (χ0) is 14.3. The molecule has 1 aromatic rings. The largest absolute Gasteiger partial charge is 0.465 e. The van der Waals surface area contributed by atoms with E-state index in [2.05, 4.69) is 21.6 Å². The van der Waals surface area contributed by atoms with Gasteiger partial charge >= 0.3 is 11.9 Å². The van der Waals surface area contributed by atoms with Crippen molar-refractivity contribution in [3.8, 4) is 11.8 Å². The topological polar surface area (TPSA) is 65.5 Å². The summed E-state index contributed by atoms with van der Waals surface area (Å²) in [5, 5.41) is 0. The Labute approximate surface area is 111 Å². The van der Waals surface area contributed by atoms with Gasteiger partial charge in [0, 0.05) is 11.8 Å². The van der Waals surface area contributed by atoms with Crippen molar-refractivity contribution in [3.63, 3.8) is 0 Å². The minimum Gasteiger partial charge on any atom is -0.465 e. The molecular weight excluding hydrogens is 246 g/mol. The molecule has 0 radical (unpaired) electrons. The Morgan fingerprint density at radius 3 is 2.74 bits per heavy atom. The van der Waals surface area contributed by atoms with Crippen LogP contribution in [0.15, 0.2) is 12.3 Å². The fraction of sp³-hybridized carbons (Fsp3) is 0.357. The first-order valence-electron chi connectivity index (χ1n) is 5.78. The van der Waals surface area contributed by atoms with Crippen molar-refractivity contribution in [3.05, 3.63) is 29.1 Å². The Bertz CT molecular complexity index is 540. The van der Waals surface area contributed by atoms with Crippen molar-refractivity contribution >= 4 is 11.9 Å². The van der Waals surface area contributed by atoms with Gasteiger partial charge < -0.3 is 9.47 Å². The van der Waals surface area contributed by atoms with E-state index < -0.39 is 5.97 Å². The molecule has 0 aromatic carbocycles. The molecule has 1 aromatic heterocycles. The van der Waals surface area contributed by atoms with Crippen LogP contribution in [0.25, 0.3) is 0 Å². The van der Waals surface area contributed by atoms with Crippen LogP contribution in [0.4, 0.5) is 0 Å². The van der Waals surface area contributed by atoms with Crippen LogP contribution in [0, 0.1) is 18.8 Å². The lowest BCUT2D eigenvalue weighted by molar-refractivity contribution is -0.141. The van der Waals surface area contributed by atoms with Crippen molar-refractivity contribution in [2.75, 3.05) is 13.7 Å². The quantitative estimate of drug-likeness (QED) is 0.609. The molecule has 0 saturated heterocycles. The zero-order valence-corrected chi connectivity index (χ0v) is 11.1. The number of pyridine rings is 1. The number of rotatable bonds is 3. The van der Waals surface area contributed by atoms with Crippen LogP contribution in [-0.2, 0) is 14.3 Å². The summed E-state index contributed by atoms with van der Waals surface area (Å²) in [6, 6.07) is 1.72. The average molecular weight is 261 g/mol. The lowest BCUT2D eigenvalue weighted by atomic mass is 10.1. The Balaban J connectivity index is 2.77. The number of carbonyl (C=O) groups excluding carboxylic acids is 2. The summed E-state index contributed by atoms with van der Waals surface area (Å²) in [5.41, 5.74) is 1.57. The van der Waals surface area contributed by atoms with Crippen LogP contribution in [0.3, 0.4) is 0 Å². The van der Waals surface area contributed by atoms with Gasteiger partial charge in [-0.05, 0) is 25.5 Å². The fourth-order valence-corrected chi connectivity index (χ4v) is 1.38. The number of ether oxygens (including phenoxy) is 2. The minimum atomic E-state index is -0.483. The van der Waals surface area contributed by atoms with Crippen LogP contribution < -0.4 is 0 Å². The molecule has 0 aliphatic carbocycles. The van der Waals surface area contributed by atoms with E-state index in [0.717, 1.165) is 0 Å². The molecule has 5 heteroatoms. The maximum atomic E-state index is 11.3. The Morgan fingerprint density at radius 2 is 2.16 bits per heavy atom. The molecule has 0 bridgehead atoms. The van der Waals surface area contributed by atoms with Crippen LogP contribution in [-0.4, -0.2) is 30.6 Å². The highest BCUT2D eigenvalue weighted by atomic mass is 16.5. The molecule has 0 N–H and O–H groups in total. The summed E-state index contributed by atoms with van der Waals surface area (Å²) >= 11 is 0. The highest BCUT2D eigenvalue weighted by Gasteiger charge is 2.10. The second-order valence-corrected chi connectivity index (χ2v) is 3.66. The lowest BCUT2D eigenvalue weighted by Gasteiger charge is -2.02. The van der Waals surface area contributed by atoms with Crippen LogP contribution in [0.1, 0.15) is 35.0 Å². The van der Waals surface area contributed by atoms with Crippen LogP contribution >= 0.6 is 0 Å². The van der Waals surface area contributed by atoms with Gasteiger partial charge in [-0.3, -0.25) is 4.79 Å². The Hall–Kier alpha value is -2.35. The highest BCUT2D eigenvalue weighted by molar-refractivity contribution is 5.88. The minimum absolute atomic E-state index is 0.0334. The zero-order valence-electron chi connectivity index (χ0n) is 11.1. The van der Waals surface area contributed by atoms with Gasteiger partial charge in [-0.2, -0.15) is 0 Å². The van der Waals surface area contributed by atoms with Gasteiger partial charge in [0.15, 0.2) is 5.69 Å². The third-order valence-electron chi connectivity index (χ3n) is 2.23. The second-order valence-electron chi connectivity index (χ2n) is 3.66. The van der Waals surface area contributed by atoms with E-state index in [-0.39, 0.29) is 18.1 Å². The maximum Gasteiger partial charge on any atom is 0.356 e. The van der Waals surface area contributed by atoms with Gasteiger partial charge in [0.05, 0.1) is 13.7 Å². The van der Waals surface area contributed by atoms with Gasteiger partial charge in [-0.25, -0.2) is 9.78 Å². The summed E-state index contributed by atoms with van der Waals surface area (Å²) in [7, 11) is 1.30. The second kappa shape index (κ2) is 7.17.